The molecule has 0 aliphatic carbocycles. The van der Waals surface area contributed by atoms with E-state index in [0.717, 1.165) is 43.4 Å². The molecule has 1 aliphatic heterocycles. The minimum atomic E-state index is -4.89. The van der Waals surface area contributed by atoms with Gasteiger partial charge in [-0.1, -0.05) is 12.1 Å². The Kier molecular flexibility index (Phi) is 6.34. The van der Waals surface area contributed by atoms with Crippen LogP contribution in [0.1, 0.15) is 28.9 Å². The van der Waals surface area contributed by atoms with Crippen molar-refractivity contribution in [1.29, 1.82) is 0 Å². The van der Waals surface area contributed by atoms with Gasteiger partial charge in [0.25, 0.3) is 5.91 Å². The fraction of sp³-hybridized carbons (Fsp3) is 0.261. The van der Waals surface area contributed by atoms with Gasteiger partial charge >= 0.3 is 6.36 Å². The van der Waals surface area contributed by atoms with Crippen molar-refractivity contribution >= 4 is 29.0 Å². The number of amides is 1. The maximum Gasteiger partial charge on any atom is 0.573 e. The lowest BCUT2D eigenvalue weighted by Crippen LogP contribution is -2.21. The Bertz CT molecular complexity index is 1130. The number of nitrogens with zero attached hydrogens (tertiary/aromatic N) is 3. The summed E-state index contributed by atoms with van der Waals surface area (Å²) in [7, 11) is 0. The molecule has 0 radical (unpaired) electrons. The fourth-order valence-corrected chi connectivity index (χ4v) is 3.53. The van der Waals surface area contributed by atoms with Gasteiger partial charge in [-0.3, -0.25) is 4.79 Å². The van der Waals surface area contributed by atoms with Crippen molar-refractivity contribution in [1.82, 2.24) is 9.97 Å². The standard InChI is InChI=1S/C23H22F3N5O2/c1-15-14-20(30-22(27-15)31-12-4-5-13-31)28-16-8-10-17(11-9-16)29-21(32)18-6-2-3-7-19(18)33-23(24,25)26/h2-3,6-11,14H,4-5,12-13H2,1H3,(H,29,32)(H,27,28,30). The first-order valence-electron chi connectivity index (χ1n) is 10.4. The summed E-state index contributed by atoms with van der Waals surface area (Å²) in [6.07, 6.45) is -2.64. The van der Waals surface area contributed by atoms with Crippen molar-refractivity contribution in [2.75, 3.05) is 28.6 Å². The Balaban J connectivity index is 1.44. The van der Waals surface area contributed by atoms with Crippen molar-refractivity contribution in [3.63, 3.8) is 0 Å². The molecule has 2 aromatic carbocycles. The highest BCUT2D eigenvalue weighted by Crippen LogP contribution is 2.27. The van der Waals surface area contributed by atoms with E-state index >= 15 is 0 Å². The van der Waals surface area contributed by atoms with Crippen LogP contribution in [0, 0.1) is 6.92 Å². The van der Waals surface area contributed by atoms with Crippen molar-refractivity contribution in [3.8, 4) is 5.75 Å². The summed E-state index contributed by atoms with van der Waals surface area (Å²) in [5.41, 5.74) is 1.78. The monoisotopic (exact) mass is 457 g/mol. The van der Waals surface area contributed by atoms with E-state index in [4.69, 9.17) is 0 Å². The molecular weight excluding hydrogens is 435 g/mol. The van der Waals surface area contributed by atoms with Gasteiger partial charge in [0.05, 0.1) is 5.56 Å². The normalized spacial score (nSPS) is 13.6. The van der Waals surface area contributed by atoms with Gasteiger partial charge in [-0.25, -0.2) is 4.98 Å². The zero-order valence-electron chi connectivity index (χ0n) is 17.8. The lowest BCUT2D eigenvalue weighted by atomic mass is 10.2. The summed E-state index contributed by atoms with van der Waals surface area (Å²) in [6.45, 7) is 3.79. The molecule has 4 rings (SSSR count). The molecule has 10 heteroatoms. The first-order valence-corrected chi connectivity index (χ1v) is 10.4. The quantitative estimate of drug-likeness (QED) is 0.524. The molecule has 0 unspecified atom stereocenters. The SMILES string of the molecule is Cc1cc(Nc2ccc(NC(=O)c3ccccc3OC(F)(F)F)cc2)nc(N2CCCC2)n1. The molecule has 1 aliphatic rings. The predicted molar refractivity (Wildman–Crippen MR) is 119 cm³/mol. The van der Waals surface area contributed by atoms with Gasteiger partial charge in [0.1, 0.15) is 11.6 Å². The maximum absolute atomic E-state index is 12.6. The van der Waals surface area contributed by atoms with E-state index in [1.807, 2.05) is 13.0 Å². The molecule has 0 saturated carbocycles. The number of ether oxygens (including phenoxy) is 1. The Hall–Kier alpha value is -3.82. The van der Waals surface area contributed by atoms with Crippen molar-refractivity contribution in [2.24, 2.45) is 0 Å². The van der Waals surface area contributed by atoms with Crippen LogP contribution in [-0.4, -0.2) is 35.3 Å². The molecule has 172 valence electrons. The molecule has 2 heterocycles. The lowest BCUT2D eigenvalue weighted by molar-refractivity contribution is -0.274. The van der Waals surface area contributed by atoms with Gasteiger partial charge < -0.3 is 20.3 Å². The number of aryl methyl sites for hydroxylation is 1. The fourth-order valence-electron chi connectivity index (χ4n) is 3.53. The average Bonchev–Trinajstić information content (AvgIpc) is 3.29. The lowest BCUT2D eigenvalue weighted by Gasteiger charge is -2.17. The average molecular weight is 457 g/mol. The van der Waals surface area contributed by atoms with Crippen LogP contribution in [0.2, 0.25) is 0 Å². The summed E-state index contributed by atoms with van der Waals surface area (Å²) in [5.74, 6) is 0.0731. The van der Waals surface area contributed by atoms with E-state index < -0.39 is 18.0 Å². The van der Waals surface area contributed by atoms with Crippen LogP contribution in [-0.2, 0) is 0 Å². The van der Waals surface area contributed by atoms with Gasteiger partial charge in [0, 0.05) is 36.2 Å². The van der Waals surface area contributed by atoms with Crippen LogP contribution >= 0.6 is 0 Å². The zero-order valence-corrected chi connectivity index (χ0v) is 17.8. The summed E-state index contributed by atoms with van der Waals surface area (Å²) in [5, 5.41) is 5.80. The van der Waals surface area contributed by atoms with Crippen molar-refractivity contribution < 1.29 is 22.7 Å². The van der Waals surface area contributed by atoms with Crippen molar-refractivity contribution in [2.45, 2.75) is 26.1 Å². The molecular formula is C23H22F3N5O2. The molecule has 3 aromatic rings. The van der Waals surface area contributed by atoms with E-state index in [0.29, 0.717) is 17.5 Å². The first kappa shape index (κ1) is 22.4. The van der Waals surface area contributed by atoms with Gasteiger partial charge in [-0.15, -0.1) is 13.2 Å². The minimum absolute atomic E-state index is 0.220. The Morgan fingerprint density at radius 2 is 1.67 bits per heavy atom. The molecule has 2 N–H and O–H groups in total. The number of halogens is 3. The second-order valence-corrected chi connectivity index (χ2v) is 7.59. The topological polar surface area (TPSA) is 79.4 Å². The van der Waals surface area contributed by atoms with E-state index in [1.54, 1.807) is 24.3 Å². The van der Waals surface area contributed by atoms with Crippen LogP contribution < -0.4 is 20.3 Å². The molecule has 1 fully saturated rings. The van der Waals surface area contributed by atoms with E-state index in [1.165, 1.54) is 18.2 Å². The summed E-state index contributed by atoms with van der Waals surface area (Å²) < 4.78 is 41.7. The second-order valence-electron chi connectivity index (χ2n) is 7.59. The van der Waals surface area contributed by atoms with E-state index in [9.17, 15) is 18.0 Å². The number of anilines is 4. The largest absolute Gasteiger partial charge is 0.573 e. The third-order valence-electron chi connectivity index (χ3n) is 5.00. The van der Waals surface area contributed by atoms with Gasteiger partial charge in [0.15, 0.2) is 0 Å². The molecule has 0 bridgehead atoms. The molecule has 0 spiro atoms. The Morgan fingerprint density at radius 3 is 2.36 bits per heavy atom. The van der Waals surface area contributed by atoms with Gasteiger partial charge in [-0.05, 0) is 56.2 Å². The number of carbonyl (C=O) groups excluding carboxylic acids is 1. The smallest absolute Gasteiger partial charge is 0.405 e. The number of hydrogen-bond donors (Lipinski definition) is 2. The highest BCUT2D eigenvalue weighted by Gasteiger charge is 2.32. The number of hydrogen-bond acceptors (Lipinski definition) is 6. The van der Waals surface area contributed by atoms with Gasteiger partial charge in [0.2, 0.25) is 5.95 Å². The van der Waals surface area contributed by atoms with Crippen LogP contribution in [0.15, 0.2) is 54.6 Å². The summed E-state index contributed by atoms with van der Waals surface area (Å²) in [6, 6.07) is 13.8. The van der Waals surface area contributed by atoms with Gasteiger partial charge in [-0.2, -0.15) is 4.98 Å². The molecule has 0 atom stereocenters. The number of para-hydroxylation sites is 1. The number of benzene rings is 2. The highest BCUT2D eigenvalue weighted by atomic mass is 19.4. The number of nitrogens with one attached hydrogen (secondary N) is 2. The molecule has 1 amide bonds. The van der Waals surface area contributed by atoms with Crippen LogP contribution in [0.4, 0.5) is 36.3 Å². The van der Waals surface area contributed by atoms with Crippen LogP contribution in [0.25, 0.3) is 0 Å². The van der Waals surface area contributed by atoms with E-state index in [2.05, 4.69) is 30.2 Å². The third kappa shape index (κ3) is 5.91. The maximum atomic E-state index is 12.6. The molecule has 1 aromatic heterocycles. The number of aromatic nitrogens is 2. The molecule has 7 nitrogen and oxygen atoms in total. The van der Waals surface area contributed by atoms with Crippen molar-refractivity contribution in [3.05, 3.63) is 65.9 Å². The first-order chi connectivity index (χ1) is 15.8. The Labute approximate surface area is 188 Å². The second kappa shape index (κ2) is 9.35. The minimum Gasteiger partial charge on any atom is -0.405 e. The number of carbonyl (C=O) groups is 1. The molecule has 1 saturated heterocycles. The van der Waals surface area contributed by atoms with E-state index in [-0.39, 0.29) is 5.56 Å². The third-order valence-corrected chi connectivity index (χ3v) is 5.00. The molecule has 33 heavy (non-hydrogen) atoms. The van der Waals surface area contributed by atoms with Crippen LogP contribution in [0.5, 0.6) is 5.75 Å². The van der Waals surface area contributed by atoms with Crippen LogP contribution in [0.3, 0.4) is 0 Å². The Morgan fingerprint density at radius 1 is 1.00 bits per heavy atom. The predicted octanol–water partition coefficient (Wildman–Crippen LogP) is 5.28. The summed E-state index contributed by atoms with van der Waals surface area (Å²) >= 11 is 0. The highest BCUT2D eigenvalue weighted by molar-refractivity contribution is 6.06. The number of rotatable bonds is 6. The number of alkyl halides is 3. The zero-order chi connectivity index (χ0) is 23.4. The summed E-state index contributed by atoms with van der Waals surface area (Å²) in [4.78, 5) is 23.7.